The summed E-state index contributed by atoms with van der Waals surface area (Å²) in [6, 6.07) is 37.6. The van der Waals surface area contributed by atoms with E-state index in [4.69, 9.17) is 0 Å². The quantitative estimate of drug-likeness (QED) is 0.306. The Morgan fingerprint density at radius 3 is 1.34 bits per heavy atom. The van der Waals surface area contributed by atoms with Crippen molar-refractivity contribution in [2.45, 2.75) is 61.9 Å². The van der Waals surface area contributed by atoms with Gasteiger partial charge in [0, 0.05) is 47.7 Å². The number of para-hydroxylation sites is 2. The predicted octanol–water partition coefficient (Wildman–Crippen LogP) is 5.81. The second-order valence-corrected chi connectivity index (χ2v) is 13.0. The summed E-state index contributed by atoms with van der Waals surface area (Å²) in [4.78, 5) is 40.5. The van der Waals surface area contributed by atoms with Crippen LogP contribution in [0.15, 0.2) is 109 Å². The van der Waals surface area contributed by atoms with E-state index in [0.29, 0.717) is 13.1 Å². The number of nitrogens with zero attached hydrogens (tertiary/aromatic N) is 4. The molecule has 4 aromatic rings. The number of piperazine rings is 1. The molecule has 0 saturated carbocycles. The van der Waals surface area contributed by atoms with Crippen LogP contribution in [-0.4, -0.2) is 46.8 Å². The van der Waals surface area contributed by atoms with Gasteiger partial charge < -0.3 is 9.80 Å². The maximum Gasteiger partial charge on any atom is 0.255 e. The summed E-state index contributed by atoms with van der Waals surface area (Å²) in [7, 11) is 0. The van der Waals surface area contributed by atoms with Gasteiger partial charge in [0.05, 0.1) is 13.1 Å². The summed E-state index contributed by atoms with van der Waals surface area (Å²) in [5, 5.41) is 0. The molecule has 6 nitrogen and oxygen atoms in total. The van der Waals surface area contributed by atoms with Gasteiger partial charge in [-0.05, 0) is 48.9 Å². The average molecular weight is 581 g/mol. The molecule has 9 rings (SSSR count). The molecule has 5 heterocycles. The van der Waals surface area contributed by atoms with E-state index in [0.717, 1.165) is 72.4 Å². The van der Waals surface area contributed by atoms with E-state index in [1.807, 2.05) is 58.3 Å². The Hall–Kier alpha value is -4.26. The highest BCUT2D eigenvalue weighted by molar-refractivity contribution is 6.18. The van der Waals surface area contributed by atoms with Crippen LogP contribution in [0, 0.1) is 0 Å². The largest absolute Gasteiger partial charge is 0.306 e. The summed E-state index contributed by atoms with van der Waals surface area (Å²) in [6.45, 7) is 2.56. The van der Waals surface area contributed by atoms with Crippen molar-refractivity contribution in [3.05, 3.63) is 131 Å². The van der Waals surface area contributed by atoms with Gasteiger partial charge in [-0.2, -0.15) is 0 Å². The number of amides is 2. The minimum Gasteiger partial charge on any atom is -0.306 e. The summed E-state index contributed by atoms with van der Waals surface area (Å²) >= 11 is 0. The third-order valence-corrected chi connectivity index (χ3v) is 11.1. The molecule has 44 heavy (non-hydrogen) atoms. The zero-order valence-electron chi connectivity index (χ0n) is 24.8. The van der Waals surface area contributed by atoms with Gasteiger partial charge in [0.2, 0.25) is 0 Å². The molecule has 5 aliphatic rings. The van der Waals surface area contributed by atoms with Crippen LogP contribution in [0.4, 0.5) is 11.4 Å². The molecule has 220 valence electrons. The van der Waals surface area contributed by atoms with Gasteiger partial charge in [0.15, 0.2) is 11.1 Å². The molecule has 0 unspecified atom stereocenters. The maximum absolute atomic E-state index is 15.7. The van der Waals surface area contributed by atoms with E-state index in [1.165, 1.54) is 0 Å². The van der Waals surface area contributed by atoms with Crippen LogP contribution >= 0.6 is 0 Å². The van der Waals surface area contributed by atoms with Crippen LogP contribution in [0.3, 0.4) is 0 Å². The monoisotopic (exact) mass is 580 g/mol. The highest BCUT2D eigenvalue weighted by Gasteiger charge is 2.79. The molecule has 0 bridgehead atoms. The fourth-order valence-electron chi connectivity index (χ4n) is 9.60. The molecule has 0 aliphatic carbocycles. The van der Waals surface area contributed by atoms with E-state index < -0.39 is 11.1 Å². The highest BCUT2D eigenvalue weighted by atomic mass is 16.2. The number of carbonyl (C=O) groups excluding carboxylic acids is 2. The molecule has 5 aliphatic heterocycles. The Morgan fingerprint density at radius 1 is 0.523 bits per heavy atom. The van der Waals surface area contributed by atoms with Crippen LogP contribution in [0.1, 0.15) is 47.9 Å². The first-order chi connectivity index (χ1) is 21.7. The Morgan fingerprint density at radius 2 is 0.909 bits per heavy atom. The number of benzene rings is 4. The molecule has 0 aromatic heterocycles. The third kappa shape index (κ3) is 3.17. The molecule has 0 N–H and O–H groups in total. The van der Waals surface area contributed by atoms with Crippen molar-refractivity contribution in [2.24, 2.45) is 0 Å². The molecule has 3 fully saturated rings. The topological polar surface area (TPSA) is 47.1 Å². The zero-order chi connectivity index (χ0) is 29.5. The predicted molar refractivity (Wildman–Crippen MR) is 171 cm³/mol. The Bertz CT molecular complexity index is 1650. The molecule has 6 heteroatoms. The number of hydrogen-bond acceptors (Lipinski definition) is 4. The van der Waals surface area contributed by atoms with E-state index >= 15 is 9.59 Å². The molecule has 4 aromatic carbocycles. The minimum atomic E-state index is -1.17. The van der Waals surface area contributed by atoms with Crippen LogP contribution in [-0.2, 0) is 33.8 Å². The molecule has 4 atom stereocenters. The number of hydrogen-bond donors (Lipinski definition) is 0. The first-order valence-corrected chi connectivity index (χ1v) is 16.1. The standard InChI is InChI=1S/C38H36N4O2/c43-35-37(29-17-7-9-19-31(29)39(35)25-27-13-3-1-4-14-27)38(42-24-12-22-34(42)33-21-11-23-41(33)37)30-18-8-10-20-32(30)40(36(38)44)26-28-15-5-2-6-16-28/h1-10,13-20,33-34H,11-12,21-26H2/t33-,34-,37-,38-/m0/s1. The molecule has 3 saturated heterocycles. The lowest BCUT2D eigenvalue weighted by atomic mass is 9.64. The van der Waals surface area contributed by atoms with Gasteiger partial charge in [-0.25, -0.2) is 0 Å². The van der Waals surface area contributed by atoms with Crippen molar-refractivity contribution in [1.29, 1.82) is 0 Å². The summed E-state index contributed by atoms with van der Waals surface area (Å²) in [5.74, 6) is 0.0639. The van der Waals surface area contributed by atoms with Crippen molar-refractivity contribution in [1.82, 2.24) is 9.80 Å². The maximum atomic E-state index is 15.7. The van der Waals surface area contributed by atoms with Crippen molar-refractivity contribution >= 4 is 23.2 Å². The Kier molecular flexibility index (Phi) is 5.72. The van der Waals surface area contributed by atoms with Gasteiger partial charge in [0.25, 0.3) is 11.8 Å². The minimum absolute atomic E-state index is 0.0320. The van der Waals surface area contributed by atoms with E-state index in [1.54, 1.807) is 0 Å². The van der Waals surface area contributed by atoms with Crippen LogP contribution in [0.2, 0.25) is 0 Å². The van der Waals surface area contributed by atoms with E-state index in [2.05, 4.69) is 70.5 Å². The lowest BCUT2D eigenvalue weighted by Gasteiger charge is -2.61. The number of anilines is 2. The van der Waals surface area contributed by atoms with Gasteiger partial charge in [-0.3, -0.25) is 19.4 Å². The van der Waals surface area contributed by atoms with Crippen molar-refractivity contribution in [3.8, 4) is 0 Å². The Balaban J connectivity index is 1.33. The fourth-order valence-corrected chi connectivity index (χ4v) is 9.60. The second-order valence-electron chi connectivity index (χ2n) is 13.0. The number of carbonyl (C=O) groups is 2. The van der Waals surface area contributed by atoms with Crippen molar-refractivity contribution in [2.75, 3.05) is 22.9 Å². The van der Waals surface area contributed by atoms with Crippen molar-refractivity contribution in [3.63, 3.8) is 0 Å². The van der Waals surface area contributed by atoms with Gasteiger partial charge in [-0.1, -0.05) is 97.1 Å². The first-order valence-electron chi connectivity index (χ1n) is 16.1. The van der Waals surface area contributed by atoms with Crippen LogP contribution < -0.4 is 9.80 Å². The number of rotatable bonds is 4. The lowest BCUT2D eigenvalue weighted by molar-refractivity contribution is -0.180. The van der Waals surface area contributed by atoms with Crippen molar-refractivity contribution < 1.29 is 9.59 Å². The lowest BCUT2D eigenvalue weighted by Crippen LogP contribution is -2.80. The summed E-state index contributed by atoms with van der Waals surface area (Å²) in [6.07, 6.45) is 4.17. The van der Waals surface area contributed by atoms with Gasteiger partial charge in [-0.15, -0.1) is 0 Å². The average Bonchev–Trinajstić information content (AvgIpc) is 3.84. The molecule has 0 radical (unpaired) electrons. The normalized spacial score (nSPS) is 29.0. The van der Waals surface area contributed by atoms with E-state index in [9.17, 15) is 0 Å². The second kappa shape index (κ2) is 9.62. The Labute approximate surface area is 258 Å². The smallest absolute Gasteiger partial charge is 0.255 e. The molecule has 2 amide bonds. The third-order valence-electron chi connectivity index (χ3n) is 11.1. The van der Waals surface area contributed by atoms with Crippen LogP contribution in [0.5, 0.6) is 0 Å². The number of fused-ring (bicyclic) bond motifs is 10. The fraction of sp³-hybridized carbons (Fsp3) is 0.316. The highest BCUT2D eigenvalue weighted by Crippen LogP contribution is 2.66. The molecular formula is C38H36N4O2. The zero-order valence-corrected chi connectivity index (χ0v) is 24.8. The molecular weight excluding hydrogens is 544 g/mol. The SMILES string of the molecule is O=C1N(Cc2ccccc2)c2ccccc2[C@]12N1CCC[C@H]1[C@@H]1CCCN1[C@@]21C(=O)N(Cc2ccccc2)c2ccccc21. The van der Waals surface area contributed by atoms with Crippen LogP contribution in [0.25, 0.3) is 0 Å². The molecule has 2 spiro atoms. The summed E-state index contributed by atoms with van der Waals surface area (Å²) < 4.78 is 0. The first kappa shape index (κ1) is 26.2. The summed E-state index contributed by atoms with van der Waals surface area (Å²) in [5.41, 5.74) is 3.63. The van der Waals surface area contributed by atoms with Gasteiger partial charge >= 0.3 is 0 Å². The van der Waals surface area contributed by atoms with E-state index in [-0.39, 0.29) is 23.9 Å². The van der Waals surface area contributed by atoms with Gasteiger partial charge in [0.1, 0.15) is 0 Å².